The Labute approximate surface area is 191 Å². The van der Waals surface area contributed by atoms with Crippen LogP contribution in [0.4, 0.5) is 5.82 Å². The molecule has 4 aromatic heterocycles. The number of anilines is 1. The number of benzene rings is 1. The van der Waals surface area contributed by atoms with Gasteiger partial charge in [-0.15, -0.1) is 0 Å². The first-order valence-corrected chi connectivity index (χ1v) is 10.8. The number of imidazole rings is 1. The van der Waals surface area contributed by atoms with Gasteiger partial charge in [0, 0.05) is 36.7 Å². The molecule has 0 spiro atoms. The van der Waals surface area contributed by atoms with E-state index in [-0.39, 0.29) is 5.91 Å². The summed E-state index contributed by atoms with van der Waals surface area (Å²) in [5.74, 6) is 0.349. The van der Waals surface area contributed by atoms with E-state index < -0.39 is 0 Å². The molecule has 5 aromatic rings. The minimum Gasteiger partial charge on any atom is -0.383 e. The largest absolute Gasteiger partial charge is 0.383 e. The maximum Gasteiger partial charge on any atom is 0.254 e. The van der Waals surface area contributed by atoms with Crippen LogP contribution < -0.4 is 11.1 Å². The molecule has 1 aromatic carbocycles. The summed E-state index contributed by atoms with van der Waals surface area (Å²) in [5, 5.41) is 9.35. The number of hydrogen-bond acceptors (Lipinski definition) is 5. The molecule has 0 bridgehead atoms. The minimum atomic E-state index is -0.167. The molecular formula is C25H25N7O. The lowest BCUT2D eigenvalue weighted by Gasteiger charge is -2.14. The smallest absolute Gasteiger partial charge is 0.254 e. The van der Waals surface area contributed by atoms with Gasteiger partial charge in [0.2, 0.25) is 0 Å². The summed E-state index contributed by atoms with van der Waals surface area (Å²) in [4.78, 5) is 21.6. The van der Waals surface area contributed by atoms with Gasteiger partial charge < -0.3 is 15.5 Å². The number of amides is 1. The van der Waals surface area contributed by atoms with E-state index in [4.69, 9.17) is 5.73 Å². The zero-order chi connectivity index (χ0) is 23.1. The first kappa shape index (κ1) is 20.7. The third kappa shape index (κ3) is 3.91. The van der Waals surface area contributed by atoms with E-state index in [1.807, 2.05) is 61.8 Å². The van der Waals surface area contributed by atoms with Crippen LogP contribution in [0, 0.1) is 20.8 Å². The first-order valence-electron chi connectivity index (χ1n) is 10.8. The van der Waals surface area contributed by atoms with Crippen LogP contribution in [-0.4, -0.2) is 30.1 Å². The maximum absolute atomic E-state index is 12.8. The lowest BCUT2D eigenvalue weighted by molar-refractivity contribution is 0.0950. The number of hydrogen-bond donors (Lipinski definition) is 2. The van der Waals surface area contributed by atoms with Crippen LogP contribution >= 0.6 is 0 Å². The number of aromatic nitrogens is 5. The number of nitrogen functional groups attached to an aromatic ring is 1. The van der Waals surface area contributed by atoms with Crippen molar-refractivity contribution >= 4 is 28.1 Å². The monoisotopic (exact) mass is 439 g/mol. The summed E-state index contributed by atoms with van der Waals surface area (Å²) in [6, 6.07) is 8.06. The van der Waals surface area contributed by atoms with Crippen molar-refractivity contribution in [1.29, 1.82) is 0 Å². The fraction of sp³-hybridized carbons (Fsp3) is 0.200. The number of rotatable bonds is 5. The van der Waals surface area contributed by atoms with Gasteiger partial charge in [0.25, 0.3) is 5.91 Å². The maximum atomic E-state index is 12.8. The Morgan fingerprint density at radius 3 is 2.82 bits per heavy atom. The van der Waals surface area contributed by atoms with Crippen LogP contribution in [0.1, 0.15) is 38.3 Å². The van der Waals surface area contributed by atoms with E-state index in [0.29, 0.717) is 24.5 Å². The van der Waals surface area contributed by atoms with Crippen molar-refractivity contribution in [1.82, 2.24) is 29.5 Å². The van der Waals surface area contributed by atoms with E-state index in [9.17, 15) is 4.79 Å². The standard InChI is InChI=1S/C25H25N7O/c1-15-5-7-31-13-19(30-23(31)8-15)14-32-12-18(10-29-32)25(33)28-11-22-16(2)9-21-20(17(22)3)4-6-27-24(21)26/h4-10,12-13H,11,14H2,1-3H3,(H2,26,27)(H,28,33). The van der Waals surface area contributed by atoms with E-state index in [1.165, 1.54) is 0 Å². The molecule has 1 amide bonds. The van der Waals surface area contributed by atoms with E-state index >= 15 is 0 Å². The van der Waals surface area contributed by atoms with Crippen molar-refractivity contribution in [3.63, 3.8) is 0 Å². The fourth-order valence-electron chi connectivity index (χ4n) is 4.22. The fourth-order valence-corrected chi connectivity index (χ4v) is 4.22. The van der Waals surface area contributed by atoms with Gasteiger partial charge in [-0.2, -0.15) is 5.10 Å². The first-order chi connectivity index (χ1) is 15.9. The molecule has 8 nitrogen and oxygen atoms in total. The normalized spacial score (nSPS) is 11.4. The molecule has 5 rings (SSSR count). The summed E-state index contributed by atoms with van der Waals surface area (Å²) >= 11 is 0. The molecule has 0 saturated heterocycles. The van der Waals surface area contributed by atoms with Gasteiger partial charge in [0.05, 0.1) is 24.0 Å². The Morgan fingerprint density at radius 1 is 1.12 bits per heavy atom. The predicted octanol–water partition coefficient (Wildman–Crippen LogP) is 3.56. The quantitative estimate of drug-likeness (QED) is 0.436. The van der Waals surface area contributed by atoms with E-state index in [2.05, 4.69) is 20.4 Å². The van der Waals surface area contributed by atoms with Crippen molar-refractivity contribution in [2.45, 2.75) is 33.9 Å². The number of carbonyl (C=O) groups is 1. The summed E-state index contributed by atoms with van der Waals surface area (Å²) in [6.07, 6.45) is 9.01. The third-order valence-electron chi connectivity index (χ3n) is 6.03. The average molecular weight is 440 g/mol. The minimum absolute atomic E-state index is 0.167. The molecule has 3 N–H and O–H groups in total. The highest BCUT2D eigenvalue weighted by Crippen LogP contribution is 2.27. The average Bonchev–Trinajstić information content (AvgIpc) is 3.41. The van der Waals surface area contributed by atoms with Crippen molar-refractivity contribution in [2.24, 2.45) is 0 Å². The Balaban J connectivity index is 1.30. The van der Waals surface area contributed by atoms with Gasteiger partial charge in [0.15, 0.2) is 0 Å². The summed E-state index contributed by atoms with van der Waals surface area (Å²) in [5.41, 5.74) is 12.7. The molecule has 166 valence electrons. The second-order valence-electron chi connectivity index (χ2n) is 8.40. The van der Waals surface area contributed by atoms with Crippen LogP contribution in [0.15, 0.2) is 55.2 Å². The van der Waals surface area contributed by atoms with Crippen LogP contribution in [-0.2, 0) is 13.1 Å². The van der Waals surface area contributed by atoms with Crippen LogP contribution in [0.5, 0.6) is 0 Å². The van der Waals surface area contributed by atoms with Gasteiger partial charge in [-0.1, -0.05) is 0 Å². The second kappa shape index (κ2) is 8.05. The Morgan fingerprint density at radius 2 is 1.97 bits per heavy atom. The van der Waals surface area contributed by atoms with E-state index in [1.54, 1.807) is 23.3 Å². The highest BCUT2D eigenvalue weighted by atomic mass is 16.1. The molecule has 0 fully saturated rings. The van der Waals surface area contributed by atoms with Gasteiger partial charge in [-0.05, 0) is 72.7 Å². The SMILES string of the molecule is Cc1ccn2cc(Cn3cc(C(=O)NCc4c(C)cc5c(N)nccc5c4C)cn3)nc2c1. The highest BCUT2D eigenvalue weighted by Gasteiger charge is 2.14. The molecule has 0 aliphatic heterocycles. The van der Waals surface area contributed by atoms with Gasteiger partial charge in [0.1, 0.15) is 11.5 Å². The number of pyridine rings is 2. The predicted molar refractivity (Wildman–Crippen MR) is 128 cm³/mol. The third-order valence-corrected chi connectivity index (χ3v) is 6.03. The van der Waals surface area contributed by atoms with Crippen LogP contribution in [0.3, 0.4) is 0 Å². The Kier molecular flexibility index (Phi) is 5.05. The van der Waals surface area contributed by atoms with Crippen molar-refractivity contribution < 1.29 is 4.79 Å². The number of nitrogens with zero attached hydrogens (tertiary/aromatic N) is 5. The lowest BCUT2D eigenvalue weighted by atomic mass is 9.96. The van der Waals surface area contributed by atoms with Crippen molar-refractivity contribution in [2.75, 3.05) is 5.73 Å². The van der Waals surface area contributed by atoms with Crippen LogP contribution in [0.25, 0.3) is 16.4 Å². The molecule has 33 heavy (non-hydrogen) atoms. The molecule has 0 unspecified atom stereocenters. The molecule has 0 saturated carbocycles. The highest BCUT2D eigenvalue weighted by molar-refractivity contribution is 5.95. The molecule has 0 radical (unpaired) electrons. The summed E-state index contributed by atoms with van der Waals surface area (Å²) < 4.78 is 3.71. The number of fused-ring (bicyclic) bond motifs is 2. The van der Waals surface area contributed by atoms with Crippen molar-refractivity contribution in [3.05, 3.63) is 88.8 Å². The lowest BCUT2D eigenvalue weighted by Crippen LogP contribution is -2.23. The van der Waals surface area contributed by atoms with Crippen molar-refractivity contribution in [3.8, 4) is 0 Å². The van der Waals surface area contributed by atoms with E-state index in [0.717, 1.165) is 44.4 Å². The summed E-state index contributed by atoms with van der Waals surface area (Å²) in [6.45, 7) is 7.03. The zero-order valence-electron chi connectivity index (χ0n) is 18.8. The molecule has 0 aliphatic carbocycles. The molecule has 4 heterocycles. The molecule has 8 heteroatoms. The second-order valence-corrected chi connectivity index (χ2v) is 8.40. The molecule has 0 atom stereocenters. The number of carbonyl (C=O) groups excluding carboxylic acids is 1. The number of nitrogens with one attached hydrogen (secondary N) is 1. The molecular weight excluding hydrogens is 414 g/mol. The molecule has 0 aliphatic rings. The number of nitrogens with two attached hydrogens (primary N) is 1. The van der Waals surface area contributed by atoms with Crippen LogP contribution in [0.2, 0.25) is 0 Å². The Bertz CT molecular complexity index is 1510. The van der Waals surface area contributed by atoms with Gasteiger partial charge in [-0.3, -0.25) is 9.48 Å². The Hall–Kier alpha value is -4.20. The summed E-state index contributed by atoms with van der Waals surface area (Å²) in [7, 11) is 0. The zero-order valence-corrected chi connectivity index (χ0v) is 18.8. The van der Waals surface area contributed by atoms with Gasteiger partial charge >= 0.3 is 0 Å². The topological polar surface area (TPSA) is 103 Å². The number of aryl methyl sites for hydroxylation is 3. The van der Waals surface area contributed by atoms with Gasteiger partial charge in [-0.25, -0.2) is 9.97 Å².